The number of H-pyrrole nitrogens is 1. The minimum absolute atomic E-state index is 0.151. The van der Waals surface area contributed by atoms with Crippen molar-refractivity contribution in [3.8, 4) is 5.75 Å². The molecule has 0 radical (unpaired) electrons. The summed E-state index contributed by atoms with van der Waals surface area (Å²) in [5.74, 6) is 1.23. The first-order valence-electron chi connectivity index (χ1n) is 9.47. The molecule has 0 aliphatic carbocycles. The largest absolute Gasteiger partial charge is 0.494 e. The van der Waals surface area contributed by atoms with Crippen molar-refractivity contribution in [3.63, 3.8) is 0 Å². The zero-order valence-electron chi connectivity index (χ0n) is 16.0. The highest BCUT2D eigenvalue weighted by Crippen LogP contribution is 2.35. The van der Waals surface area contributed by atoms with Crippen molar-refractivity contribution in [1.82, 2.24) is 9.97 Å². The number of rotatable bonds is 6. The molecule has 1 aromatic heterocycles. The summed E-state index contributed by atoms with van der Waals surface area (Å²) in [5, 5.41) is 3.25. The first-order valence-corrected chi connectivity index (χ1v) is 10.5. The number of aromatic amines is 1. The Morgan fingerprint density at radius 2 is 1.97 bits per heavy atom. The summed E-state index contributed by atoms with van der Waals surface area (Å²) in [6.07, 6.45) is 0.198. The first kappa shape index (κ1) is 19.3. The van der Waals surface area contributed by atoms with Crippen LogP contribution in [-0.4, -0.2) is 22.5 Å². The number of thioether (sulfide) groups is 1. The topological polar surface area (TPSA) is 84.1 Å². The lowest BCUT2D eigenvalue weighted by Crippen LogP contribution is -2.31. The molecule has 1 aliphatic rings. The molecule has 0 saturated heterocycles. The molecular weight excluding hydrogens is 386 g/mol. The smallest absolute Gasteiger partial charge is 0.257 e. The summed E-state index contributed by atoms with van der Waals surface area (Å²) in [6, 6.07) is 17.5. The monoisotopic (exact) mass is 407 g/mol. The number of nitrogens with zero attached hydrogens (tertiary/aromatic N) is 1. The van der Waals surface area contributed by atoms with E-state index in [0.29, 0.717) is 28.9 Å². The molecule has 7 heteroatoms. The van der Waals surface area contributed by atoms with Crippen molar-refractivity contribution in [3.05, 3.63) is 81.6 Å². The van der Waals surface area contributed by atoms with Gasteiger partial charge in [-0.05, 0) is 30.2 Å². The fourth-order valence-electron chi connectivity index (χ4n) is 3.42. The number of nitrogens with one attached hydrogen (secondary N) is 2. The van der Waals surface area contributed by atoms with Gasteiger partial charge in [0, 0.05) is 18.1 Å². The second-order valence-corrected chi connectivity index (χ2v) is 7.68. The highest BCUT2D eigenvalue weighted by molar-refractivity contribution is 7.98. The number of ether oxygens (including phenoxy) is 1. The molecule has 2 heterocycles. The Labute approximate surface area is 172 Å². The molecule has 1 amide bonds. The molecule has 2 N–H and O–H groups in total. The maximum absolute atomic E-state index is 12.9. The standard InChI is InChI=1S/C22H21N3O3S/c1-2-28-16-10-6-9-15(11-16)17-12-18(26)23-20-19(17)21(27)25-22(24-20)29-13-14-7-4-3-5-8-14/h3-11,17H,2,12-13H2,1H3,(H2,23,24,25,26,27). The maximum atomic E-state index is 12.9. The fraction of sp³-hybridized carbons (Fsp3) is 0.227. The molecule has 0 spiro atoms. The van der Waals surface area contributed by atoms with Gasteiger partial charge >= 0.3 is 0 Å². The van der Waals surface area contributed by atoms with Gasteiger partial charge in [-0.3, -0.25) is 9.59 Å². The Hall–Kier alpha value is -3.06. The van der Waals surface area contributed by atoms with Gasteiger partial charge in [-0.25, -0.2) is 4.98 Å². The Morgan fingerprint density at radius 3 is 2.76 bits per heavy atom. The fourth-order valence-corrected chi connectivity index (χ4v) is 4.23. The molecule has 1 atom stereocenters. The van der Waals surface area contributed by atoms with Gasteiger partial charge in [0.05, 0.1) is 12.2 Å². The first-order chi connectivity index (χ1) is 14.1. The molecule has 0 fully saturated rings. The summed E-state index contributed by atoms with van der Waals surface area (Å²) in [4.78, 5) is 32.6. The van der Waals surface area contributed by atoms with E-state index >= 15 is 0 Å². The molecule has 2 aromatic carbocycles. The lowest BCUT2D eigenvalue weighted by atomic mass is 9.87. The van der Waals surface area contributed by atoms with Crippen LogP contribution in [0.2, 0.25) is 0 Å². The van der Waals surface area contributed by atoms with Gasteiger partial charge in [0.2, 0.25) is 5.91 Å². The van der Waals surface area contributed by atoms with Crippen LogP contribution in [0.3, 0.4) is 0 Å². The Balaban J connectivity index is 1.65. The van der Waals surface area contributed by atoms with Gasteiger partial charge in [-0.15, -0.1) is 0 Å². The molecule has 1 unspecified atom stereocenters. The summed E-state index contributed by atoms with van der Waals surface area (Å²) in [6.45, 7) is 2.47. The summed E-state index contributed by atoms with van der Waals surface area (Å²) in [5.41, 5.74) is 2.26. The SMILES string of the molecule is CCOc1cccc(C2CC(=O)Nc3nc(SCc4ccccc4)[nH]c(=O)c32)c1. The van der Waals surface area contributed by atoms with E-state index in [1.54, 1.807) is 0 Å². The van der Waals surface area contributed by atoms with Crippen LogP contribution in [0.4, 0.5) is 5.82 Å². The molecule has 29 heavy (non-hydrogen) atoms. The van der Waals surface area contributed by atoms with Gasteiger partial charge in [0.25, 0.3) is 5.56 Å². The minimum Gasteiger partial charge on any atom is -0.494 e. The van der Waals surface area contributed by atoms with Crippen LogP contribution in [0.25, 0.3) is 0 Å². The third-order valence-corrected chi connectivity index (χ3v) is 5.66. The number of carbonyl (C=O) groups is 1. The van der Waals surface area contributed by atoms with Crippen molar-refractivity contribution in [2.24, 2.45) is 0 Å². The number of fused-ring (bicyclic) bond motifs is 1. The molecule has 148 valence electrons. The molecule has 0 bridgehead atoms. The van der Waals surface area contributed by atoms with Gasteiger partial charge < -0.3 is 15.0 Å². The van der Waals surface area contributed by atoms with E-state index in [1.165, 1.54) is 11.8 Å². The minimum atomic E-state index is -0.358. The van der Waals surface area contributed by atoms with Crippen LogP contribution in [0.15, 0.2) is 64.5 Å². The number of carbonyl (C=O) groups excluding carboxylic acids is 1. The Morgan fingerprint density at radius 1 is 1.14 bits per heavy atom. The predicted octanol–water partition coefficient (Wildman–Crippen LogP) is 3.94. The van der Waals surface area contributed by atoms with E-state index in [1.807, 2.05) is 61.5 Å². The van der Waals surface area contributed by atoms with Gasteiger partial charge in [-0.2, -0.15) is 0 Å². The summed E-state index contributed by atoms with van der Waals surface area (Å²) >= 11 is 1.43. The normalized spacial score (nSPS) is 15.5. The summed E-state index contributed by atoms with van der Waals surface area (Å²) in [7, 11) is 0. The van der Waals surface area contributed by atoms with E-state index in [9.17, 15) is 9.59 Å². The van der Waals surface area contributed by atoms with Crippen molar-refractivity contribution < 1.29 is 9.53 Å². The van der Waals surface area contributed by atoms with Crippen LogP contribution in [-0.2, 0) is 10.5 Å². The number of anilines is 1. The van der Waals surface area contributed by atoms with Crippen molar-refractivity contribution in [2.45, 2.75) is 30.2 Å². The third kappa shape index (κ3) is 4.35. The number of hydrogen-bond donors (Lipinski definition) is 2. The van der Waals surface area contributed by atoms with E-state index in [0.717, 1.165) is 16.9 Å². The average molecular weight is 407 g/mol. The molecule has 0 saturated carbocycles. The van der Waals surface area contributed by atoms with Crippen molar-refractivity contribution >= 4 is 23.5 Å². The predicted molar refractivity (Wildman–Crippen MR) is 114 cm³/mol. The van der Waals surface area contributed by atoms with Gasteiger partial charge in [0.15, 0.2) is 5.16 Å². The summed E-state index contributed by atoms with van der Waals surface area (Å²) < 4.78 is 5.57. The maximum Gasteiger partial charge on any atom is 0.257 e. The molecule has 3 aromatic rings. The van der Waals surface area contributed by atoms with Crippen LogP contribution in [0.5, 0.6) is 5.75 Å². The third-order valence-electron chi connectivity index (χ3n) is 4.72. The van der Waals surface area contributed by atoms with E-state index in [-0.39, 0.29) is 23.8 Å². The zero-order valence-corrected chi connectivity index (χ0v) is 16.8. The van der Waals surface area contributed by atoms with Crippen LogP contribution in [0, 0.1) is 0 Å². The second kappa shape index (κ2) is 8.53. The number of benzene rings is 2. The molecule has 1 aliphatic heterocycles. The number of aromatic nitrogens is 2. The Bertz CT molecular complexity index is 1080. The van der Waals surface area contributed by atoms with E-state index < -0.39 is 0 Å². The molecular formula is C22H21N3O3S. The second-order valence-electron chi connectivity index (χ2n) is 6.72. The van der Waals surface area contributed by atoms with Crippen molar-refractivity contribution in [2.75, 3.05) is 11.9 Å². The van der Waals surface area contributed by atoms with Gasteiger partial charge in [0.1, 0.15) is 11.6 Å². The molecule has 4 rings (SSSR count). The van der Waals surface area contributed by atoms with E-state index in [4.69, 9.17) is 4.74 Å². The number of amides is 1. The lowest BCUT2D eigenvalue weighted by Gasteiger charge is -2.24. The van der Waals surface area contributed by atoms with Gasteiger partial charge in [-0.1, -0.05) is 54.2 Å². The van der Waals surface area contributed by atoms with Crippen LogP contribution < -0.4 is 15.6 Å². The lowest BCUT2D eigenvalue weighted by molar-refractivity contribution is -0.116. The highest BCUT2D eigenvalue weighted by Gasteiger charge is 2.31. The number of hydrogen-bond acceptors (Lipinski definition) is 5. The van der Waals surface area contributed by atoms with Crippen LogP contribution in [0.1, 0.15) is 36.0 Å². The zero-order chi connectivity index (χ0) is 20.2. The Kier molecular flexibility index (Phi) is 5.67. The van der Waals surface area contributed by atoms with E-state index in [2.05, 4.69) is 15.3 Å². The molecule has 6 nitrogen and oxygen atoms in total. The average Bonchev–Trinajstić information content (AvgIpc) is 2.72. The van der Waals surface area contributed by atoms with Crippen LogP contribution >= 0.6 is 11.8 Å². The quantitative estimate of drug-likeness (QED) is 0.478. The van der Waals surface area contributed by atoms with Crippen molar-refractivity contribution in [1.29, 1.82) is 0 Å². The highest BCUT2D eigenvalue weighted by atomic mass is 32.2.